The van der Waals surface area contributed by atoms with Crippen LogP contribution in [0.1, 0.15) is 38.9 Å². The van der Waals surface area contributed by atoms with Gasteiger partial charge >= 0.3 is 0 Å². The zero-order valence-corrected chi connectivity index (χ0v) is 15.4. The first-order chi connectivity index (χ1) is 12.3. The lowest BCUT2D eigenvalue weighted by Crippen LogP contribution is -1.98. The Balaban J connectivity index is 1.94. The van der Waals surface area contributed by atoms with Crippen LogP contribution in [0.2, 0.25) is 0 Å². The van der Waals surface area contributed by atoms with E-state index in [0.29, 0.717) is 12.8 Å². The van der Waals surface area contributed by atoms with Crippen LogP contribution >= 0.6 is 0 Å². The van der Waals surface area contributed by atoms with Gasteiger partial charge in [-0.3, -0.25) is 0 Å². The topological polar surface area (TPSA) is 60.7 Å². The minimum Gasteiger partial charge on any atom is -0.508 e. The van der Waals surface area contributed by atoms with Crippen molar-refractivity contribution in [3.63, 3.8) is 0 Å². The maximum Gasteiger partial charge on any atom is 0.119 e. The van der Waals surface area contributed by atoms with Crippen LogP contribution < -0.4 is 0 Å². The van der Waals surface area contributed by atoms with E-state index >= 15 is 0 Å². The van der Waals surface area contributed by atoms with E-state index < -0.39 is 0 Å². The molecule has 0 heterocycles. The molecule has 0 radical (unpaired) electrons. The zero-order chi connectivity index (χ0) is 18.8. The summed E-state index contributed by atoms with van der Waals surface area (Å²) in [7, 11) is 0. The number of hydrogen-bond acceptors (Lipinski definition) is 3. The van der Waals surface area contributed by atoms with Crippen molar-refractivity contribution < 1.29 is 15.3 Å². The summed E-state index contributed by atoms with van der Waals surface area (Å²) in [6.07, 6.45) is 1.28. The Morgan fingerprint density at radius 2 is 1.27 bits per heavy atom. The van der Waals surface area contributed by atoms with E-state index in [1.807, 2.05) is 45.0 Å². The highest BCUT2D eigenvalue weighted by Gasteiger charge is 2.11. The van der Waals surface area contributed by atoms with E-state index in [1.54, 1.807) is 18.2 Å². The Morgan fingerprint density at radius 3 is 2.00 bits per heavy atom. The lowest BCUT2D eigenvalue weighted by Gasteiger charge is -2.13. The van der Waals surface area contributed by atoms with Gasteiger partial charge in [0.2, 0.25) is 0 Å². The second-order valence-electron chi connectivity index (χ2n) is 6.93. The van der Waals surface area contributed by atoms with Crippen LogP contribution in [0.3, 0.4) is 0 Å². The number of phenolic OH excluding ortho intramolecular Hbond substituents is 3. The highest BCUT2D eigenvalue weighted by molar-refractivity contribution is 5.48. The molecule has 0 amide bonds. The van der Waals surface area contributed by atoms with Crippen LogP contribution in [0.15, 0.2) is 48.5 Å². The van der Waals surface area contributed by atoms with Crippen LogP contribution in [0.25, 0.3) is 0 Å². The van der Waals surface area contributed by atoms with Crippen LogP contribution in [0.4, 0.5) is 0 Å². The van der Waals surface area contributed by atoms with Gasteiger partial charge in [0.05, 0.1) is 0 Å². The summed E-state index contributed by atoms with van der Waals surface area (Å²) in [5.74, 6) is 0.844. The van der Waals surface area contributed by atoms with Crippen LogP contribution in [0.5, 0.6) is 17.2 Å². The molecule has 3 heteroatoms. The van der Waals surface area contributed by atoms with Crippen molar-refractivity contribution in [3.8, 4) is 17.2 Å². The van der Waals surface area contributed by atoms with E-state index in [0.717, 1.165) is 38.9 Å². The number of aryl methyl sites for hydroxylation is 1. The van der Waals surface area contributed by atoms with E-state index in [4.69, 9.17) is 0 Å². The van der Waals surface area contributed by atoms with Gasteiger partial charge in [0.1, 0.15) is 17.2 Å². The molecule has 3 rings (SSSR count). The molecule has 134 valence electrons. The highest BCUT2D eigenvalue weighted by atomic mass is 16.3. The third kappa shape index (κ3) is 3.67. The molecule has 3 nitrogen and oxygen atoms in total. The van der Waals surface area contributed by atoms with Crippen LogP contribution in [0, 0.1) is 20.8 Å². The van der Waals surface area contributed by atoms with Crippen molar-refractivity contribution >= 4 is 0 Å². The fourth-order valence-corrected chi connectivity index (χ4v) is 3.17. The lowest BCUT2D eigenvalue weighted by molar-refractivity contribution is 0.469. The first-order valence-electron chi connectivity index (χ1n) is 8.72. The predicted molar refractivity (Wildman–Crippen MR) is 104 cm³/mol. The predicted octanol–water partition coefficient (Wildman–Crippen LogP) is 4.91. The average molecular weight is 348 g/mol. The van der Waals surface area contributed by atoms with Crippen molar-refractivity contribution in [2.24, 2.45) is 0 Å². The molecule has 26 heavy (non-hydrogen) atoms. The molecule has 3 aromatic rings. The second kappa shape index (κ2) is 7.12. The summed E-state index contributed by atoms with van der Waals surface area (Å²) in [5.41, 5.74) is 6.61. The van der Waals surface area contributed by atoms with E-state index in [1.165, 1.54) is 0 Å². The monoisotopic (exact) mass is 348 g/mol. The Labute approximate surface area is 154 Å². The first-order valence-corrected chi connectivity index (χ1v) is 8.72. The molecule has 0 bridgehead atoms. The van der Waals surface area contributed by atoms with Gasteiger partial charge in [-0.15, -0.1) is 0 Å². The molecule has 0 fully saturated rings. The Kier molecular flexibility index (Phi) is 4.90. The summed E-state index contributed by atoms with van der Waals surface area (Å²) < 4.78 is 0. The van der Waals surface area contributed by atoms with E-state index in [-0.39, 0.29) is 17.2 Å². The van der Waals surface area contributed by atoms with Gasteiger partial charge in [-0.25, -0.2) is 0 Å². The van der Waals surface area contributed by atoms with Gasteiger partial charge in [-0.05, 0) is 90.8 Å². The van der Waals surface area contributed by atoms with E-state index in [2.05, 4.69) is 6.07 Å². The van der Waals surface area contributed by atoms with Crippen molar-refractivity contribution in [2.75, 3.05) is 0 Å². The smallest absolute Gasteiger partial charge is 0.119 e. The van der Waals surface area contributed by atoms with Crippen LogP contribution in [-0.4, -0.2) is 15.3 Å². The molecule has 0 unspecified atom stereocenters. The third-order valence-corrected chi connectivity index (χ3v) is 5.03. The maximum absolute atomic E-state index is 10.4. The van der Waals surface area contributed by atoms with Crippen LogP contribution in [-0.2, 0) is 12.8 Å². The van der Waals surface area contributed by atoms with Gasteiger partial charge in [0.15, 0.2) is 0 Å². The van der Waals surface area contributed by atoms with Crippen molar-refractivity contribution in [2.45, 2.75) is 33.6 Å². The van der Waals surface area contributed by atoms with Crippen molar-refractivity contribution in [3.05, 3.63) is 87.5 Å². The SMILES string of the molecule is Cc1ccc(Cc2cc(Cc3cccc(O)c3C)cc(O)c2C)cc1O. The summed E-state index contributed by atoms with van der Waals surface area (Å²) >= 11 is 0. The minimum absolute atomic E-state index is 0.270. The number of benzene rings is 3. The van der Waals surface area contributed by atoms with E-state index in [9.17, 15) is 15.3 Å². The maximum atomic E-state index is 10.4. The largest absolute Gasteiger partial charge is 0.508 e. The Hall–Kier alpha value is -2.94. The molecule has 3 N–H and O–H groups in total. The number of aromatic hydroxyl groups is 3. The van der Waals surface area contributed by atoms with Gasteiger partial charge in [-0.1, -0.05) is 30.3 Å². The van der Waals surface area contributed by atoms with Gasteiger partial charge in [-0.2, -0.15) is 0 Å². The molecule has 0 spiro atoms. The van der Waals surface area contributed by atoms with Crippen molar-refractivity contribution in [1.29, 1.82) is 0 Å². The normalized spacial score (nSPS) is 10.9. The molecule has 0 aliphatic carbocycles. The molecule has 0 saturated carbocycles. The molecular formula is C23H24O3. The standard InChI is InChI=1S/C23H24O3/c1-14-7-8-17(12-22(14)25)9-20-11-18(13-23(26)16(20)3)10-19-5-4-6-21(24)15(19)2/h4-8,11-13,24-26H,9-10H2,1-3H3. The fourth-order valence-electron chi connectivity index (χ4n) is 3.17. The minimum atomic E-state index is 0.270. The molecule has 0 aliphatic heterocycles. The number of rotatable bonds is 4. The summed E-state index contributed by atoms with van der Waals surface area (Å²) in [6.45, 7) is 5.67. The third-order valence-electron chi connectivity index (χ3n) is 5.03. The number of phenols is 3. The quantitative estimate of drug-likeness (QED) is 0.628. The summed E-state index contributed by atoms with van der Waals surface area (Å²) in [6, 6.07) is 15.1. The van der Waals surface area contributed by atoms with Gasteiger partial charge < -0.3 is 15.3 Å². The Morgan fingerprint density at radius 1 is 0.615 bits per heavy atom. The summed E-state index contributed by atoms with van der Waals surface area (Å²) in [5, 5.41) is 30.2. The highest BCUT2D eigenvalue weighted by Crippen LogP contribution is 2.29. The molecule has 0 atom stereocenters. The molecule has 0 saturated heterocycles. The zero-order valence-electron chi connectivity index (χ0n) is 15.4. The van der Waals surface area contributed by atoms with Gasteiger partial charge in [0, 0.05) is 0 Å². The molecule has 3 aromatic carbocycles. The summed E-state index contributed by atoms with van der Waals surface area (Å²) in [4.78, 5) is 0. The molecule has 0 aromatic heterocycles. The fraction of sp³-hybridized carbons (Fsp3) is 0.217. The molecule has 0 aliphatic rings. The Bertz CT molecular complexity index is 958. The van der Waals surface area contributed by atoms with Crippen molar-refractivity contribution in [1.82, 2.24) is 0 Å². The second-order valence-corrected chi connectivity index (χ2v) is 6.93. The number of hydrogen-bond donors (Lipinski definition) is 3. The average Bonchev–Trinajstić information content (AvgIpc) is 2.59. The molecular weight excluding hydrogens is 324 g/mol. The lowest BCUT2D eigenvalue weighted by atomic mass is 9.93. The first kappa shape index (κ1) is 17.9. The van der Waals surface area contributed by atoms with Gasteiger partial charge in [0.25, 0.3) is 0 Å².